The lowest BCUT2D eigenvalue weighted by Gasteiger charge is -2.11. The summed E-state index contributed by atoms with van der Waals surface area (Å²) in [5.41, 5.74) is 1.03. The number of halogens is 1. The zero-order valence-electron chi connectivity index (χ0n) is 13.6. The van der Waals surface area contributed by atoms with Crippen molar-refractivity contribution in [2.24, 2.45) is 4.99 Å². The van der Waals surface area contributed by atoms with Crippen LogP contribution < -0.4 is 20.1 Å². The van der Waals surface area contributed by atoms with Crippen LogP contribution in [0, 0.1) is 0 Å². The van der Waals surface area contributed by atoms with Crippen LogP contribution in [0.2, 0.25) is 0 Å². The highest BCUT2D eigenvalue weighted by molar-refractivity contribution is 14.0. The van der Waals surface area contributed by atoms with E-state index in [1.54, 1.807) is 7.11 Å². The van der Waals surface area contributed by atoms with Crippen LogP contribution in [0.1, 0.15) is 12.5 Å². The maximum Gasteiger partial charge on any atom is 0.208 e. The first-order valence-corrected chi connectivity index (χ1v) is 8.93. The summed E-state index contributed by atoms with van der Waals surface area (Å²) < 4.78 is 29.5. The Labute approximate surface area is 155 Å². The lowest BCUT2D eigenvalue weighted by molar-refractivity contribution is 0.414. The highest BCUT2D eigenvalue weighted by atomic mass is 127. The first-order valence-electron chi connectivity index (χ1n) is 7.04. The molecule has 1 aromatic carbocycles. The van der Waals surface area contributed by atoms with E-state index in [9.17, 15) is 8.42 Å². The Balaban J connectivity index is 0.00000484. The van der Waals surface area contributed by atoms with Crippen molar-refractivity contribution >= 4 is 40.0 Å². The van der Waals surface area contributed by atoms with Crippen molar-refractivity contribution in [1.82, 2.24) is 15.4 Å². The van der Waals surface area contributed by atoms with Gasteiger partial charge in [-0.25, -0.2) is 18.1 Å². The SMILES string of the molecule is CCNC(=NCc1cccc(OC)c1)NCCNS(C)(=O)=O.I. The first kappa shape index (κ1) is 21.9. The van der Waals surface area contributed by atoms with Gasteiger partial charge in [0.1, 0.15) is 5.75 Å². The van der Waals surface area contributed by atoms with Crippen LogP contribution in [0.4, 0.5) is 0 Å². The Kier molecular flexibility index (Phi) is 10.9. The Morgan fingerprint density at radius 2 is 2.00 bits per heavy atom. The third-order valence-corrected chi connectivity index (χ3v) is 3.41. The fraction of sp³-hybridized carbons (Fsp3) is 0.500. The van der Waals surface area contributed by atoms with Gasteiger partial charge < -0.3 is 15.4 Å². The number of guanidine groups is 1. The fourth-order valence-corrected chi connectivity index (χ4v) is 2.17. The topological polar surface area (TPSA) is 91.8 Å². The summed E-state index contributed by atoms with van der Waals surface area (Å²) in [4.78, 5) is 4.45. The van der Waals surface area contributed by atoms with Crippen LogP contribution in [0.5, 0.6) is 5.75 Å². The van der Waals surface area contributed by atoms with Crippen molar-refractivity contribution in [2.75, 3.05) is 33.0 Å². The van der Waals surface area contributed by atoms with Gasteiger partial charge in [0.2, 0.25) is 10.0 Å². The zero-order valence-corrected chi connectivity index (χ0v) is 16.8. The molecule has 0 aliphatic carbocycles. The lowest BCUT2D eigenvalue weighted by atomic mass is 10.2. The van der Waals surface area contributed by atoms with Gasteiger partial charge in [-0.05, 0) is 24.6 Å². The van der Waals surface area contributed by atoms with Gasteiger partial charge in [-0.3, -0.25) is 0 Å². The number of hydrogen-bond acceptors (Lipinski definition) is 4. The third-order valence-electron chi connectivity index (χ3n) is 2.68. The summed E-state index contributed by atoms with van der Waals surface area (Å²) >= 11 is 0. The van der Waals surface area contributed by atoms with E-state index >= 15 is 0 Å². The number of methoxy groups -OCH3 is 1. The van der Waals surface area contributed by atoms with E-state index < -0.39 is 10.0 Å². The number of sulfonamides is 1. The maximum absolute atomic E-state index is 11.0. The summed E-state index contributed by atoms with van der Waals surface area (Å²) in [5.74, 6) is 1.43. The van der Waals surface area contributed by atoms with Crippen LogP contribution in [-0.2, 0) is 16.6 Å². The van der Waals surface area contributed by atoms with Gasteiger partial charge >= 0.3 is 0 Å². The molecule has 0 saturated carbocycles. The molecule has 0 spiro atoms. The van der Waals surface area contributed by atoms with E-state index in [0.29, 0.717) is 25.6 Å². The number of hydrogen-bond donors (Lipinski definition) is 3. The molecule has 0 aromatic heterocycles. The van der Waals surface area contributed by atoms with Gasteiger partial charge in [-0.2, -0.15) is 0 Å². The minimum atomic E-state index is -3.16. The van der Waals surface area contributed by atoms with Crippen LogP contribution in [0.15, 0.2) is 29.3 Å². The molecule has 23 heavy (non-hydrogen) atoms. The molecule has 0 heterocycles. The summed E-state index contributed by atoms with van der Waals surface area (Å²) in [7, 11) is -1.53. The molecule has 9 heteroatoms. The Morgan fingerprint density at radius 1 is 1.26 bits per heavy atom. The lowest BCUT2D eigenvalue weighted by Crippen LogP contribution is -2.41. The minimum absolute atomic E-state index is 0. The largest absolute Gasteiger partial charge is 0.497 e. The molecule has 0 fully saturated rings. The van der Waals surface area contributed by atoms with Crippen molar-refractivity contribution in [1.29, 1.82) is 0 Å². The summed E-state index contributed by atoms with van der Waals surface area (Å²) in [6, 6.07) is 7.70. The van der Waals surface area contributed by atoms with Gasteiger partial charge in [-0.15, -0.1) is 24.0 Å². The van der Waals surface area contributed by atoms with Crippen molar-refractivity contribution in [3.63, 3.8) is 0 Å². The standard InChI is InChI=1S/C14H24N4O3S.HI/c1-4-15-14(16-8-9-18-22(3,19)20)17-11-12-6-5-7-13(10-12)21-2;/h5-7,10,18H,4,8-9,11H2,1-3H3,(H2,15,16,17);1H. The van der Waals surface area contributed by atoms with Crippen molar-refractivity contribution < 1.29 is 13.2 Å². The number of ether oxygens (including phenoxy) is 1. The van der Waals surface area contributed by atoms with Gasteiger partial charge in [0, 0.05) is 19.6 Å². The molecule has 0 atom stereocenters. The van der Waals surface area contributed by atoms with E-state index in [0.717, 1.165) is 24.1 Å². The Bertz CT molecular complexity index is 593. The minimum Gasteiger partial charge on any atom is -0.497 e. The number of benzene rings is 1. The second kappa shape index (κ2) is 11.5. The smallest absolute Gasteiger partial charge is 0.208 e. The molecule has 0 radical (unpaired) electrons. The molecule has 7 nitrogen and oxygen atoms in total. The van der Waals surface area contributed by atoms with E-state index in [2.05, 4.69) is 20.3 Å². The van der Waals surface area contributed by atoms with Crippen LogP contribution in [0.3, 0.4) is 0 Å². The van der Waals surface area contributed by atoms with Crippen molar-refractivity contribution in [2.45, 2.75) is 13.5 Å². The Morgan fingerprint density at radius 3 is 2.61 bits per heavy atom. The molecule has 0 saturated heterocycles. The quantitative estimate of drug-likeness (QED) is 0.234. The first-order chi connectivity index (χ1) is 10.4. The van der Waals surface area contributed by atoms with Gasteiger partial charge in [-0.1, -0.05) is 12.1 Å². The molecule has 0 aliphatic heterocycles. The molecule has 0 aliphatic rings. The zero-order chi connectivity index (χ0) is 16.4. The highest BCUT2D eigenvalue weighted by Gasteiger charge is 2.01. The molecule has 132 valence electrons. The average Bonchev–Trinajstić information content (AvgIpc) is 2.48. The third kappa shape index (κ3) is 10.3. The molecule has 3 N–H and O–H groups in total. The van der Waals surface area contributed by atoms with Crippen molar-refractivity contribution in [3.8, 4) is 5.75 Å². The predicted molar refractivity (Wildman–Crippen MR) is 104 cm³/mol. The van der Waals surface area contributed by atoms with E-state index in [1.807, 2.05) is 31.2 Å². The van der Waals surface area contributed by atoms with E-state index in [4.69, 9.17) is 4.74 Å². The van der Waals surface area contributed by atoms with Crippen LogP contribution >= 0.6 is 24.0 Å². The van der Waals surface area contributed by atoms with Crippen LogP contribution in [0.25, 0.3) is 0 Å². The molecule has 0 amide bonds. The fourth-order valence-electron chi connectivity index (χ4n) is 1.70. The monoisotopic (exact) mass is 456 g/mol. The maximum atomic E-state index is 11.0. The molecule has 0 bridgehead atoms. The van der Waals surface area contributed by atoms with E-state index in [1.165, 1.54) is 0 Å². The summed E-state index contributed by atoms with van der Waals surface area (Å²) in [6.45, 7) is 3.96. The molecule has 0 unspecified atom stereocenters. The predicted octanol–water partition coefficient (Wildman–Crippen LogP) is 0.918. The molecular weight excluding hydrogens is 431 g/mol. The second-order valence-electron chi connectivity index (χ2n) is 4.64. The van der Waals surface area contributed by atoms with Gasteiger partial charge in [0.25, 0.3) is 0 Å². The average molecular weight is 456 g/mol. The van der Waals surface area contributed by atoms with E-state index in [-0.39, 0.29) is 24.0 Å². The number of rotatable bonds is 8. The Hall–Kier alpha value is -1.07. The van der Waals surface area contributed by atoms with Gasteiger partial charge in [0.15, 0.2) is 5.96 Å². The highest BCUT2D eigenvalue weighted by Crippen LogP contribution is 2.12. The summed E-state index contributed by atoms with van der Waals surface area (Å²) in [6.07, 6.45) is 1.13. The molecule has 1 aromatic rings. The number of aliphatic imine (C=N–C) groups is 1. The normalized spacial score (nSPS) is 11.5. The number of nitrogens with zero attached hydrogens (tertiary/aromatic N) is 1. The number of nitrogens with one attached hydrogen (secondary N) is 3. The van der Waals surface area contributed by atoms with Crippen LogP contribution in [-0.4, -0.2) is 47.4 Å². The van der Waals surface area contributed by atoms with Crippen molar-refractivity contribution in [3.05, 3.63) is 29.8 Å². The molecular formula is C14H25IN4O3S. The summed E-state index contributed by atoms with van der Waals surface area (Å²) in [5, 5.41) is 6.18. The second-order valence-corrected chi connectivity index (χ2v) is 6.47. The molecule has 1 rings (SSSR count). The van der Waals surface area contributed by atoms with Gasteiger partial charge in [0.05, 0.1) is 19.9 Å².